The quantitative estimate of drug-likeness (QED) is 0.0614. The number of rotatable bonds is 6. The molecule has 5 aromatic rings. The molecule has 314 valence electrons. The summed E-state index contributed by atoms with van der Waals surface area (Å²) in [5, 5.41) is 70.0. The fourth-order valence-corrected chi connectivity index (χ4v) is 4.36. The van der Waals surface area contributed by atoms with E-state index in [0.29, 0.717) is 45.3 Å². The van der Waals surface area contributed by atoms with E-state index < -0.39 is 17.7 Å². The van der Waals surface area contributed by atoms with Gasteiger partial charge in [-0.15, -0.1) is 0 Å². The molecule has 0 unspecified atom stereocenters. The van der Waals surface area contributed by atoms with Crippen LogP contribution in [0.4, 0.5) is 28.4 Å². The smallest absolute Gasteiger partial charge is 0.341 e. The molecule has 5 aromatic carbocycles. The molecule has 19 heteroatoms. The minimum atomic E-state index is -1.30. The average Bonchev–Trinajstić information content (AvgIpc) is 3.21. The first-order chi connectivity index (χ1) is 28.8. The van der Waals surface area contributed by atoms with Crippen LogP contribution in [-0.4, -0.2) is 59.0 Å². The third kappa shape index (κ3) is 15.3. The number of phenols is 3. The number of carboxylic acids is 1. The van der Waals surface area contributed by atoms with Crippen molar-refractivity contribution in [2.24, 2.45) is 0 Å². The molecular formula is C42H41N9O10. The van der Waals surface area contributed by atoms with Gasteiger partial charge >= 0.3 is 11.9 Å². The van der Waals surface area contributed by atoms with Crippen LogP contribution in [0.3, 0.4) is 0 Å². The van der Waals surface area contributed by atoms with Crippen LogP contribution in [0.15, 0.2) is 78.9 Å². The van der Waals surface area contributed by atoms with Gasteiger partial charge in [0, 0.05) is 41.6 Å². The van der Waals surface area contributed by atoms with E-state index in [-0.39, 0.29) is 57.5 Å². The Hall–Kier alpha value is -9.33. The van der Waals surface area contributed by atoms with E-state index in [1.54, 1.807) is 63.6 Å². The summed E-state index contributed by atoms with van der Waals surface area (Å²) < 4.78 is 14.5. The Labute approximate surface area is 349 Å². The fraction of sp³-hybridized carbons (Fsp3) is 0.119. The molecule has 0 amide bonds. The number of anilines is 5. The molecule has 0 spiro atoms. The van der Waals surface area contributed by atoms with Crippen molar-refractivity contribution in [1.82, 2.24) is 0 Å². The minimum Gasteiger partial charge on any atom is -0.508 e. The van der Waals surface area contributed by atoms with Gasteiger partial charge in [-0.25, -0.2) is 9.59 Å². The highest BCUT2D eigenvalue weighted by atomic mass is 16.5. The molecule has 0 radical (unpaired) electrons. The molecule has 0 aliphatic carbocycles. The lowest BCUT2D eigenvalue weighted by Crippen LogP contribution is -2.06. The van der Waals surface area contributed by atoms with Crippen LogP contribution in [0.5, 0.6) is 28.7 Å². The number of ether oxygens (including phenoxy) is 3. The summed E-state index contributed by atoms with van der Waals surface area (Å²) in [5.41, 5.74) is 29.8. The van der Waals surface area contributed by atoms with Crippen LogP contribution >= 0.6 is 0 Å². The Balaban J connectivity index is 0.000000384. The normalized spacial score (nSPS) is 9.11. The van der Waals surface area contributed by atoms with E-state index in [9.17, 15) is 19.5 Å². The number of nitrogens with two attached hydrogens (primary N) is 5. The van der Waals surface area contributed by atoms with Gasteiger partial charge in [0.05, 0.1) is 65.8 Å². The van der Waals surface area contributed by atoms with Crippen LogP contribution < -0.4 is 38.1 Å². The molecule has 0 aromatic heterocycles. The Bertz CT molecular complexity index is 2550. The number of phenolic OH excluding ortho intramolecular Hbond substituents is 2. The summed E-state index contributed by atoms with van der Waals surface area (Å²) >= 11 is 0. The van der Waals surface area contributed by atoms with Crippen molar-refractivity contribution in [2.45, 2.75) is 13.8 Å². The topological polar surface area (TPSA) is 385 Å². The summed E-state index contributed by atoms with van der Waals surface area (Å²) in [7, 11) is 3.11. The third-order valence-electron chi connectivity index (χ3n) is 7.48. The zero-order valence-corrected chi connectivity index (χ0v) is 33.1. The molecule has 0 aliphatic rings. The van der Waals surface area contributed by atoms with E-state index in [2.05, 4.69) is 0 Å². The van der Waals surface area contributed by atoms with Crippen molar-refractivity contribution in [1.29, 1.82) is 21.0 Å². The van der Waals surface area contributed by atoms with Crippen LogP contribution in [0.2, 0.25) is 0 Å². The molecule has 0 bridgehead atoms. The molecule has 5 rings (SSSR count). The van der Waals surface area contributed by atoms with Crippen molar-refractivity contribution >= 4 is 46.2 Å². The Morgan fingerprint density at radius 1 is 0.557 bits per heavy atom. The monoisotopic (exact) mass is 831 g/mol. The summed E-state index contributed by atoms with van der Waals surface area (Å²) in [5.74, 6) is -1.32. The molecule has 0 fully saturated rings. The standard InChI is InChI=1S/C10H10N2O3.C9H11NO2.C8H6N2O3.C8H8N2O.C7H6N2O/c1-2-15-10(14)7-3-6(5-11)8(12)4-9(7)13;1-6(11)8-4-3-7(12-2)5-9(8)10;9-3-4-1-5(8(12)13)7(11)2-6(4)10;1-11-7-3-2-6(5-9)8(10)4-7;8-4-5-1-2-6(10)3-7(5)9/h3-4,13H,2,12H2,1H3;3-5H,10H2,1-2H3;1-2,11H,10H2,(H,12,13);2-4H,10H2,1H3;1-3,10H,9H2. The van der Waals surface area contributed by atoms with E-state index in [4.69, 9.17) is 79.2 Å². The Kier molecular flexibility index (Phi) is 19.8. The number of Topliss-reactive ketones (excluding diaryl/α,β-unsaturated/α-hetero) is 1. The fourth-order valence-electron chi connectivity index (χ4n) is 4.36. The number of aromatic carboxylic acids is 1. The van der Waals surface area contributed by atoms with Gasteiger partial charge in [0.15, 0.2) is 5.78 Å². The van der Waals surface area contributed by atoms with Gasteiger partial charge in [-0.2, -0.15) is 21.0 Å². The number of esters is 1. The number of methoxy groups -OCH3 is 2. The van der Waals surface area contributed by atoms with Gasteiger partial charge in [0.1, 0.15) is 64.2 Å². The highest BCUT2D eigenvalue weighted by Crippen LogP contribution is 2.26. The lowest BCUT2D eigenvalue weighted by Gasteiger charge is -2.06. The molecule has 0 saturated heterocycles. The van der Waals surface area contributed by atoms with E-state index in [1.165, 1.54) is 31.2 Å². The average molecular weight is 832 g/mol. The molecular weight excluding hydrogens is 791 g/mol. The molecule has 0 saturated carbocycles. The SMILES string of the molecule is CCOC(=O)c1cc(C#N)c(N)cc1O.COc1ccc(C#N)c(N)c1.COc1ccc(C(C)=O)c(N)c1.N#Cc1cc(C(=O)O)c(O)cc1N.N#Cc1ccc(O)cc1N. The predicted molar refractivity (Wildman–Crippen MR) is 224 cm³/mol. The lowest BCUT2D eigenvalue weighted by molar-refractivity contribution is 0.0522. The number of nitrogen functional groups attached to an aromatic ring is 5. The highest BCUT2D eigenvalue weighted by molar-refractivity contribution is 5.99. The predicted octanol–water partition coefficient (Wildman–Crippen LogP) is 5.04. The number of hydrogen-bond acceptors (Lipinski definition) is 18. The number of hydrogen-bond donors (Lipinski definition) is 9. The van der Waals surface area contributed by atoms with Crippen molar-refractivity contribution in [2.75, 3.05) is 49.5 Å². The number of ketones is 1. The van der Waals surface area contributed by atoms with Crippen LogP contribution in [0.25, 0.3) is 0 Å². The van der Waals surface area contributed by atoms with Gasteiger partial charge in [-0.3, -0.25) is 4.79 Å². The van der Waals surface area contributed by atoms with E-state index in [0.717, 1.165) is 18.2 Å². The maximum atomic E-state index is 11.3. The van der Waals surface area contributed by atoms with Crippen molar-refractivity contribution in [3.05, 3.63) is 118 Å². The molecule has 14 N–H and O–H groups in total. The number of nitrogens with zero attached hydrogens (tertiary/aromatic N) is 4. The molecule has 19 nitrogen and oxygen atoms in total. The Morgan fingerprint density at radius 3 is 1.36 bits per heavy atom. The molecule has 0 atom stereocenters. The number of carboxylic acid groups (broad SMARTS) is 1. The molecule has 61 heavy (non-hydrogen) atoms. The first-order valence-corrected chi connectivity index (χ1v) is 17.0. The summed E-state index contributed by atoms with van der Waals surface area (Å²) in [6.45, 7) is 3.33. The number of aromatic hydroxyl groups is 3. The van der Waals surface area contributed by atoms with Gasteiger partial charge in [0.2, 0.25) is 0 Å². The van der Waals surface area contributed by atoms with Gasteiger partial charge in [-0.05, 0) is 62.4 Å². The second-order valence-electron chi connectivity index (χ2n) is 11.6. The van der Waals surface area contributed by atoms with Gasteiger partial charge < -0.3 is 63.3 Å². The molecule has 0 heterocycles. The summed E-state index contributed by atoms with van der Waals surface area (Å²) in [4.78, 5) is 32.7. The number of carbonyl (C=O) groups excluding carboxylic acids is 2. The zero-order valence-electron chi connectivity index (χ0n) is 33.1. The first kappa shape index (κ1) is 49.7. The number of nitriles is 4. The van der Waals surface area contributed by atoms with E-state index >= 15 is 0 Å². The summed E-state index contributed by atoms with van der Waals surface area (Å²) in [6, 6.07) is 26.1. The van der Waals surface area contributed by atoms with Gasteiger partial charge in [-0.1, -0.05) is 0 Å². The van der Waals surface area contributed by atoms with E-state index in [1.807, 2.05) is 18.2 Å². The maximum Gasteiger partial charge on any atom is 0.341 e. The highest BCUT2D eigenvalue weighted by Gasteiger charge is 2.15. The number of carbonyl (C=O) groups is 3. The zero-order chi connectivity index (χ0) is 46.4. The van der Waals surface area contributed by atoms with Crippen LogP contribution in [0.1, 0.15) is 67.2 Å². The Morgan fingerprint density at radius 2 is 0.967 bits per heavy atom. The lowest BCUT2D eigenvalue weighted by atomic mass is 10.1. The van der Waals surface area contributed by atoms with Gasteiger partial charge in [0.25, 0.3) is 0 Å². The summed E-state index contributed by atoms with van der Waals surface area (Å²) in [6.07, 6.45) is 0. The second-order valence-corrected chi connectivity index (χ2v) is 11.6. The molecule has 0 aliphatic heterocycles. The minimum absolute atomic E-state index is 0.0323. The number of benzene rings is 5. The largest absolute Gasteiger partial charge is 0.508 e. The third-order valence-corrected chi connectivity index (χ3v) is 7.48. The van der Waals surface area contributed by atoms with Crippen molar-refractivity contribution in [3.8, 4) is 53.0 Å². The van der Waals surface area contributed by atoms with Crippen molar-refractivity contribution < 1.29 is 49.0 Å². The second kappa shape index (κ2) is 24.3. The van der Waals surface area contributed by atoms with Crippen molar-refractivity contribution in [3.63, 3.8) is 0 Å². The first-order valence-electron chi connectivity index (χ1n) is 17.0. The van der Waals surface area contributed by atoms with Crippen LogP contribution in [-0.2, 0) is 4.74 Å². The maximum absolute atomic E-state index is 11.3. The van der Waals surface area contributed by atoms with Crippen LogP contribution in [0, 0.1) is 45.3 Å².